The molecule has 0 radical (unpaired) electrons. The molecule has 2 atom stereocenters. The van der Waals surface area contributed by atoms with Crippen LogP contribution in [0.15, 0.2) is 54.1 Å². The predicted octanol–water partition coefficient (Wildman–Crippen LogP) is 3.85. The average molecular weight is 220 g/mol. The Morgan fingerprint density at radius 1 is 1.24 bits per heavy atom. The van der Waals surface area contributed by atoms with Crippen molar-refractivity contribution in [1.29, 1.82) is 0 Å². The van der Waals surface area contributed by atoms with Crippen LogP contribution >= 0.6 is 0 Å². The molecule has 0 saturated heterocycles. The van der Waals surface area contributed by atoms with Crippen LogP contribution in [0.1, 0.15) is 25.3 Å². The van der Waals surface area contributed by atoms with Crippen molar-refractivity contribution in [2.45, 2.75) is 25.2 Å². The summed E-state index contributed by atoms with van der Waals surface area (Å²) in [5.41, 5.74) is 2.90. The zero-order valence-electron chi connectivity index (χ0n) is 10.1. The highest BCUT2D eigenvalue weighted by atomic mass is 14.5. The predicted molar refractivity (Wildman–Crippen MR) is 71.5 cm³/mol. The Morgan fingerprint density at radius 3 is 2.76 bits per heavy atom. The lowest BCUT2D eigenvalue weighted by Crippen LogP contribution is -2.02. The zero-order valence-corrected chi connectivity index (χ0v) is 10.1. The van der Waals surface area contributed by atoms with Crippen LogP contribution in [0.5, 0.6) is 0 Å². The molecule has 0 spiro atoms. The van der Waals surface area contributed by atoms with Crippen LogP contribution in [0.4, 0.5) is 0 Å². The molecule has 0 N–H and O–H groups in total. The van der Waals surface area contributed by atoms with Gasteiger partial charge in [-0.05, 0) is 18.4 Å². The monoisotopic (exact) mass is 220 g/mol. The molecule has 1 saturated carbocycles. The molecule has 17 heavy (non-hydrogen) atoms. The second kappa shape index (κ2) is 3.93. The van der Waals surface area contributed by atoms with Crippen molar-refractivity contribution in [3.05, 3.63) is 59.7 Å². The molecule has 3 rings (SSSR count). The Bertz CT molecular complexity index is 536. The summed E-state index contributed by atoms with van der Waals surface area (Å²) in [6.07, 6.45) is 8.71. The maximum atomic E-state index is 3.42. The summed E-state index contributed by atoms with van der Waals surface area (Å²) < 4.78 is 0. The summed E-state index contributed by atoms with van der Waals surface area (Å²) in [5, 5.41) is 0. The van der Waals surface area contributed by atoms with Gasteiger partial charge in [0.1, 0.15) is 0 Å². The van der Waals surface area contributed by atoms with Gasteiger partial charge in [0.15, 0.2) is 0 Å². The number of benzene rings is 1. The summed E-state index contributed by atoms with van der Waals surface area (Å²) >= 11 is 0. The van der Waals surface area contributed by atoms with E-state index in [0.29, 0.717) is 5.92 Å². The molecule has 1 fully saturated rings. The van der Waals surface area contributed by atoms with Crippen molar-refractivity contribution in [3.63, 3.8) is 0 Å². The molecule has 0 aliphatic heterocycles. The molecule has 2 aliphatic rings. The fourth-order valence-electron chi connectivity index (χ4n) is 2.43. The topological polar surface area (TPSA) is 0 Å². The molecule has 0 unspecified atom stereocenters. The van der Waals surface area contributed by atoms with Crippen molar-refractivity contribution >= 4 is 0 Å². The molecule has 0 heteroatoms. The van der Waals surface area contributed by atoms with E-state index in [2.05, 4.69) is 67.3 Å². The van der Waals surface area contributed by atoms with E-state index in [4.69, 9.17) is 0 Å². The second-order valence-electron chi connectivity index (χ2n) is 5.11. The first-order valence-electron chi connectivity index (χ1n) is 6.23. The number of allylic oxidation sites excluding steroid dienone is 4. The minimum atomic E-state index is 0.289. The van der Waals surface area contributed by atoms with Crippen LogP contribution < -0.4 is 0 Å². The maximum Gasteiger partial charge on any atom is 0.0310 e. The summed E-state index contributed by atoms with van der Waals surface area (Å²) in [6.45, 7) is 2.32. The third-order valence-corrected chi connectivity index (χ3v) is 3.83. The Labute approximate surface area is 103 Å². The minimum Gasteiger partial charge on any atom is -0.0935 e. The highest BCUT2D eigenvalue weighted by molar-refractivity contribution is 5.45. The normalized spacial score (nSPS) is 29.5. The standard InChI is InChI=1S/C17H16/c1-17(15-9-3-2-4-10-15)13-16(17)12-11-14-7-5-6-8-14/h2-5,7-10,16H,6,13H2,1H3/t16-,17+/m1/s1. The van der Waals surface area contributed by atoms with Gasteiger partial charge in [0, 0.05) is 16.9 Å². The van der Waals surface area contributed by atoms with Crippen LogP contribution in [-0.2, 0) is 5.41 Å². The third-order valence-electron chi connectivity index (χ3n) is 3.83. The highest BCUT2D eigenvalue weighted by Crippen LogP contribution is 2.53. The molecule has 0 aromatic heterocycles. The third kappa shape index (κ3) is 1.94. The Kier molecular flexibility index (Phi) is 2.41. The molecule has 0 amide bonds. The van der Waals surface area contributed by atoms with E-state index in [0.717, 1.165) is 6.42 Å². The Morgan fingerprint density at radius 2 is 2.06 bits per heavy atom. The van der Waals surface area contributed by atoms with Gasteiger partial charge in [-0.3, -0.25) is 0 Å². The molecule has 0 heterocycles. The average Bonchev–Trinajstić information content (AvgIpc) is 2.79. The lowest BCUT2D eigenvalue weighted by Gasteiger charge is -2.08. The van der Waals surface area contributed by atoms with Crippen LogP contribution in [0.3, 0.4) is 0 Å². The van der Waals surface area contributed by atoms with Gasteiger partial charge in [0.05, 0.1) is 0 Å². The van der Waals surface area contributed by atoms with Crippen molar-refractivity contribution in [1.82, 2.24) is 0 Å². The fourth-order valence-corrected chi connectivity index (χ4v) is 2.43. The molecule has 1 aromatic carbocycles. The van der Waals surface area contributed by atoms with Gasteiger partial charge in [0.25, 0.3) is 0 Å². The summed E-state index contributed by atoms with van der Waals surface area (Å²) in [5.74, 6) is 7.24. The van der Waals surface area contributed by atoms with Gasteiger partial charge < -0.3 is 0 Å². The Balaban J connectivity index is 1.75. The van der Waals surface area contributed by atoms with Crippen molar-refractivity contribution in [3.8, 4) is 11.8 Å². The van der Waals surface area contributed by atoms with E-state index in [1.165, 1.54) is 17.6 Å². The van der Waals surface area contributed by atoms with E-state index in [1.54, 1.807) is 0 Å². The van der Waals surface area contributed by atoms with Gasteiger partial charge in [-0.2, -0.15) is 0 Å². The lowest BCUT2D eigenvalue weighted by atomic mass is 9.96. The zero-order chi connectivity index (χ0) is 11.7. The molecule has 0 bridgehead atoms. The SMILES string of the molecule is C[C@@]1(c2ccccc2)C[C@H]1C#CC1=CCC=C1. The molecular weight excluding hydrogens is 204 g/mol. The van der Waals surface area contributed by atoms with Crippen LogP contribution in [0, 0.1) is 17.8 Å². The summed E-state index contributed by atoms with van der Waals surface area (Å²) in [4.78, 5) is 0. The van der Waals surface area contributed by atoms with Crippen LogP contribution in [0.25, 0.3) is 0 Å². The highest BCUT2D eigenvalue weighted by Gasteiger charge is 2.50. The first-order chi connectivity index (χ1) is 8.29. The van der Waals surface area contributed by atoms with E-state index in [-0.39, 0.29) is 5.41 Å². The van der Waals surface area contributed by atoms with Gasteiger partial charge in [-0.25, -0.2) is 0 Å². The smallest absolute Gasteiger partial charge is 0.0310 e. The fraction of sp³-hybridized carbons (Fsp3) is 0.294. The maximum absolute atomic E-state index is 3.42. The Hall–Kier alpha value is -1.74. The van der Waals surface area contributed by atoms with Gasteiger partial charge in [-0.15, -0.1) is 0 Å². The van der Waals surface area contributed by atoms with Crippen LogP contribution in [0.2, 0.25) is 0 Å². The largest absolute Gasteiger partial charge is 0.0935 e. The van der Waals surface area contributed by atoms with Gasteiger partial charge in [0.2, 0.25) is 0 Å². The van der Waals surface area contributed by atoms with E-state index in [1.807, 2.05) is 0 Å². The molecule has 1 aromatic rings. The summed E-state index contributed by atoms with van der Waals surface area (Å²) in [6, 6.07) is 10.7. The number of hydrogen-bond donors (Lipinski definition) is 0. The minimum absolute atomic E-state index is 0.289. The van der Waals surface area contributed by atoms with Crippen molar-refractivity contribution < 1.29 is 0 Å². The van der Waals surface area contributed by atoms with E-state index in [9.17, 15) is 0 Å². The quantitative estimate of drug-likeness (QED) is 0.630. The molecule has 0 nitrogen and oxygen atoms in total. The van der Waals surface area contributed by atoms with Gasteiger partial charge >= 0.3 is 0 Å². The van der Waals surface area contributed by atoms with Gasteiger partial charge in [-0.1, -0.05) is 67.3 Å². The van der Waals surface area contributed by atoms with Crippen molar-refractivity contribution in [2.75, 3.05) is 0 Å². The first kappa shape index (κ1) is 10.4. The van der Waals surface area contributed by atoms with E-state index >= 15 is 0 Å². The van der Waals surface area contributed by atoms with Crippen LogP contribution in [-0.4, -0.2) is 0 Å². The second-order valence-corrected chi connectivity index (χ2v) is 5.11. The summed E-state index contributed by atoms with van der Waals surface area (Å²) in [7, 11) is 0. The lowest BCUT2D eigenvalue weighted by molar-refractivity contribution is 0.746. The molecular formula is C17H16. The first-order valence-corrected chi connectivity index (χ1v) is 6.23. The van der Waals surface area contributed by atoms with E-state index < -0.39 is 0 Å². The molecule has 2 aliphatic carbocycles. The molecule has 84 valence electrons. The number of rotatable bonds is 1. The number of hydrogen-bond acceptors (Lipinski definition) is 0. The van der Waals surface area contributed by atoms with Crippen molar-refractivity contribution in [2.24, 2.45) is 5.92 Å².